The summed E-state index contributed by atoms with van der Waals surface area (Å²) in [5.41, 5.74) is 0.125. The Morgan fingerprint density at radius 3 is 2.44 bits per heavy atom. The van der Waals surface area contributed by atoms with Crippen molar-refractivity contribution in [3.05, 3.63) is 52.2 Å². The molecule has 0 aromatic heterocycles. The summed E-state index contributed by atoms with van der Waals surface area (Å²) in [7, 11) is 0. The number of benzene rings is 1. The quantitative estimate of drug-likeness (QED) is 0.688. The zero-order valence-electron chi connectivity index (χ0n) is 14.7. The molecular weight excluding hydrogens is 388 g/mol. The van der Waals surface area contributed by atoms with Crippen LogP contribution in [0.25, 0.3) is 5.57 Å². The van der Waals surface area contributed by atoms with Crippen molar-refractivity contribution in [1.82, 2.24) is 0 Å². The first-order valence-electron chi connectivity index (χ1n) is 8.03. The van der Waals surface area contributed by atoms with Gasteiger partial charge in [-0.2, -0.15) is 0 Å². The van der Waals surface area contributed by atoms with Crippen molar-refractivity contribution in [2.24, 2.45) is 0 Å². The van der Waals surface area contributed by atoms with E-state index in [1.165, 1.54) is 0 Å². The van der Waals surface area contributed by atoms with Crippen molar-refractivity contribution in [3.8, 4) is 0 Å². The van der Waals surface area contributed by atoms with E-state index in [9.17, 15) is 9.59 Å². The van der Waals surface area contributed by atoms with E-state index < -0.39 is 17.5 Å². The minimum atomic E-state index is -1.40. The van der Waals surface area contributed by atoms with Gasteiger partial charge in [-0.3, -0.25) is 0 Å². The van der Waals surface area contributed by atoms with Crippen LogP contribution >= 0.6 is 15.9 Å². The van der Waals surface area contributed by atoms with E-state index in [1.54, 1.807) is 39.8 Å². The first-order valence-corrected chi connectivity index (χ1v) is 8.82. The van der Waals surface area contributed by atoms with Crippen molar-refractivity contribution in [2.75, 3.05) is 6.61 Å². The molecule has 0 amide bonds. The number of hydrogen-bond donors (Lipinski definition) is 0. The topological polar surface area (TPSA) is 61.8 Å². The third-order valence-corrected chi connectivity index (χ3v) is 3.97. The highest BCUT2D eigenvalue weighted by Crippen LogP contribution is 2.33. The third kappa shape index (κ3) is 4.72. The lowest BCUT2D eigenvalue weighted by Gasteiger charge is -2.30. The first-order chi connectivity index (χ1) is 11.7. The first kappa shape index (κ1) is 19.2. The summed E-state index contributed by atoms with van der Waals surface area (Å²) in [4.78, 5) is 24.7. The highest BCUT2D eigenvalue weighted by Gasteiger charge is 2.40. The van der Waals surface area contributed by atoms with Gasteiger partial charge in [-0.25, -0.2) is 9.59 Å². The number of hydrogen-bond acceptors (Lipinski definition) is 5. The zero-order chi connectivity index (χ0) is 18.6. The molecule has 1 aliphatic rings. The SMILES string of the molecule is CCOC(=O)C1(C)C=C(c2ccc(Br)cc2)C=C(C(=O)OC(C)C)O1. The van der Waals surface area contributed by atoms with Crippen LogP contribution < -0.4 is 0 Å². The molecule has 1 aromatic rings. The standard InChI is InChI=1S/C19H21BrO5/c1-5-23-18(22)19(4)11-14(13-6-8-15(20)9-7-13)10-16(25-19)17(21)24-12(2)3/h6-12H,5H2,1-4H3. The maximum atomic E-state index is 12.4. The largest absolute Gasteiger partial charge is 0.464 e. The minimum Gasteiger partial charge on any atom is -0.464 e. The molecule has 0 bridgehead atoms. The molecule has 1 atom stereocenters. The van der Waals surface area contributed by atoms with E-state index in [-0.39, 0.29) is 18.5 Å². The molecule has 0 spiro atoms. The highest BCUT2D eigenvalue weighted by atomic mass is 79.9. The van der Waals surface area contributed by atoms with E-state index in [0.717, 1.165) is 10.0 Å². The number of ether oxygens (including phenoxy) is 3. The maximum absolute atomic E-state index is 12.4. The van der Waals surface area contributed by atoms with Gasteiger partial charge in [-0.15, -0.1) is 0 Å². The second kappa shape index (κ2) is 7.87. The molecule has 1 aromatic carbocycles. The molecule has 0 aliphatic carbocycles. The van der Waals surface area contributed by atoms with Gasteiger partial charge < -0.3 is 14.2 Å². The normalized spacial score (nSPS) is 19.6. The van der Waals surface area contributed by atoms with Crippen LogP contribution in [0.1, 0.15) is 33.3 Å². The van der Waals surface area contributed by atoms with Crippen LogP contribution in [0.15, 0.2) is 46.6 Å². The molecule has 1 aliphatic heterocycles. The summed E-state index contributed by atoms with van der Waals surface area (Å²) in [6.07, 6.45) is 2.93. The smallest absolute Gasteiger partial charge is 0.373 e. The Bertz CT molecular complexity index is 718. The maximum Gasteiger partial charge on any atom is 0.373 e. The fraction of sp³-hybridized carbons (Fsp3) is 0.368. The Morgan fingerprint density at radius 2 is 1.88 bits per heavy atom. The van der Waals surface area contributed by atoms with Crippen molar-refractivity contribution in [1.29, 1.82) is 0 Å². The Balaban J connectivity index is 2.45. The van der Waals surface area contributed by atoms with E-state index in [2.05, 4.69) is 15.9 Å². The van der Waals surface area contributed by atoms with E-state index in [4.69, 9.17) is 14.2 Å². The summed E-state index contributed by atoms with van der Waals surface area (Å²) >= 11 is 3.39. The van der Waals surface area contributed by atoms with Crippen LogP contribution in [0, 0.1) is 0 Å². The lowest BCUT2D eigenvalue weighted by Crippen LogP contribution is -2.41. The Hall–Kier alpha value is -2.08. The van der Waals surface area contributed by atoms with Gasteiger partial charge in [0.15, 0.2) is 0 Å². The predicted molar refractivity (Wildman–Crippen MR) is 97.6 cm³/mol. The molecule has 0 fully saturated rings. The molecule has 0 saturated carbocycles. The number of allylic oxidation sites excluding steroid dienone is 2. The van der Waals surface area contributed by atoms with Crippen molar-refractivity contribution in [2.45, 2.75) is 39.4 Å². The fourth-order valence-electron chi connectivity index (χ4n) is 2.32. The van der Waals surface area contributed by atoms with E-state index in [1.807, 2.05) is 24.3 Å². The molecule has 2 rings (SSSR count). The lowest BCUT2D eigenvalue weighted by atomic mass is 9.94. The Labute approximate surface area is 155 Å². The highest BCUT2D eigenvalue weighted by molar-refractivity contribution is 9.10. The zero-order valence-corrected chi connectivity index (χ0v) is 16.3. The molecule has 1 heterocycles. The number of rotatable bonds is 5. The van der Waals surface area contributed by atoms with Gasteiger partial charge in [0.1, 0.15) is 0 Å². The minimum absolute atomic E-state index is 0.0235. The number of carbonyl (C=O) groups is 2. The van der Waals surface area contributed by atoms with Gasteiger partial charge in [0.2, 0.25) is 11.4 Å². The van der Waals surface area contributed by atoms with Crippen LogP contribution in [-0.4, -0.2) is 30.3 Å². The summed E-state index contributed by atoms with van der Waals surface area (Å²) in [6, 6.07) is 7.53. The lowest BCUT2D eigenvalue weighted by molar-refractivity contribution is -0.164. The molecule has 6 heteroatoms. The van der Waals surface area contributed by atoms with Crippen molar-refractivity contribution < 1.29 is 23.8 Å². The molecule has 25 heavy (non-hydrogen) atoms. The van der Waals surface area contributed by atoms with Crippen molar-refractivity contribution in [3.63, 3.8) is 0 Å². The number of esters is 2. The van der Waals surface area contributed by atoms with Crippen LogP contribution in [0.2, 0.25) is 0 Å². The molecular formula is C19H21BrO5. The van der Waals surface area contributed by atoms with Gasteiger partial charge >= 0.3 is 11.9 Å². The summed E-state index contributed by atoms with van der Waals surface area (Å²) < 4.78 is 16.9. The summed E-state index contributed by atoms with van der Waals surface area (Å²) in [5.74, 6) is -1.20. The monoisotopic (exact) mass is 408 g/mol. The molecule has 0 radical (unpaired) electrons. The fourth-order valence-corrected chi connectivity index (χ4v) is 2.59. The third-order valence-electron chi connectivity index (χ3n) is 3.44. The number of halogens is 1. The van der Waals surface area contributed by atoms with Crippen LogP contribution in [-0.2, 0) is 23.8 Å². The van der Waals surface area contributed by atoms with Crippen LogP contribution in [0.4, 0.5) is 0 Å². The predicted octanol–water partition coefficient (Wildman–Crippen LogP) is 4.02. The molecule has 0 N–H and O–H groups in total. The average molecular weight is 409 g/mol. The van der Waals surface area contributed by atoms with Gasteiger partial charge in [-0.05, 0) is 63.1 Å². The molecule has 0 saturated heterocycles. The Morgan fingerprint density at radius 1 is 1.24 bits per heavy atom. The second-order valence-corrected chi connectivity index (χ2v) is 6.91. The van der Waals surface area contributed by atoms with Gasteiger partial charge in [0.25, 0.3) is 0 Å². The average Bonchev–Trinajstić information content (AvgIpc) is 2.54. The van der Waals surface area contributed by atoms with E-state index in [0.29, 0.717) is 5.57 Å². The van der Waals surface area contributed by atoms with Gasteiger partial charge in [-0.1, -0.05) is 28.1 Å². The van der Waals surface area contributed by atoms with Gasteiger partial charge in [0.05, 0.1) is 12.7 Å². The van der Waals surface area contributed by atoms with E-state index >= 15 is 0 Å². The molecule has 134 valence electrons. The summed E-state index contributed by atoms with van der Waals surface area (Å²) in [5, 5.41) is 0. The second-order valence-electron chi connectivity index (χ2n) is 6.00. The van der Waals surface area contributed by atoms with Crippen LogP contribution in [0.3, 0.4) is 0 Å². The Kier molecular flexibility index (Phi) is 6.06. The number of carbonyl (C=O) groups excluding carboxylic acids is 2. The van der Waals surface area contributed by atoms with Crippen LogP contribution in [0.5, 0.6) is 0 Å². The van der Waals surface area contributed by atoms with Crippen molar-refractivity contribution >= 4 is 33.4 Å². The molecule has 1 unspecified atom stereocenters. The van der Waals surface area contributed by atoms with Gasteiger partial charge in [0, 0.05) is 4.47 Å². The summed E-state index contributed by atoms with van der Waals surface area (Å²) in [6.45, 7) is 7.00. The molecule has 5 nitrogen and oxygen atoms in total.